The quantitative estimate of drug-likeness (QED) is 0.210. The standard InChI is InChI=1S/C24H36BrNO6S2/c1-3-34(31,32)26-24(30)9-7-5-4-6-8-19-20(23(29)15-22(19)28)13-11-17(27)10-12-18-14-21(25)16(2)33-18/h4,6,11,13-14,17,19-20,22-23,27-29H,3,5,7-10,12,15H2,1-2H3,(H,26,30)/b6-4-,13-11+/t17-,19+,20+,22-,23+/m0/s1. The van der Waals surface area contributed by atoms with Gasteiger partial charge in [-0.2, -0.15) is 0 Å². The Bertz CT molecular complexity index is 939. The van der Waals surface area contributed by atoms with Crippen LogP contribution in [0.5, 0.6) is 0 Å². The molecule has 34 heavy (non-hydrogen) atoms. The molecular weight excluding hydrogens is 542 g/mol. The SMILES string of the molecule is CCS(=O)(=O)NC(=O)CCC/C=C\C[C@@H]1[C@@H](/C=C/[C@@H](O)CCc2cc(Br)c(C)s2)[C@H](O)C[C@@H]1O. The molecule has 1 aliphatic rings. The van der Waals surface area contributed by atoms with Crippen molar-refractivity contribution in [2.45, 2.75) is 77.1 Å². The van der Waals surface area contributed by atoms with Gasteiger partial charge in [-0.15, -0.1) is 11.3 Å². The average Bonchev–Trinajstić information content (AvgIpc) is 3.23. The number of unbranched alkanes of at least 4 members (excludes halogenated alkanes) is 1. The first-order chi connectivity index (χ1) is 16.0. The number of aliphatic hydroxyl groups is 3. The zero-order valence-corrected chi connectivity index (χ0v) is 22.9. The molecule has 0 unspecified atom stereocenters. The molecule has 7 nitrogen and oxygen atoms in total. The third-order valence-corrected chi connectivity index (χ3v) is 9.56. The van der Waals surface area contributed by atoms with Crippen molar-refractivity contribution in [2.24, 2.45) is 11.8 Å². The molecule has 1 saturated carbocycles. The third-order valence-electron chi connectivity index (χ3n) is 6.07. The van der Waals surface area contributed by atoms with Crippen LogP contribution in [0.15, 0.2) is 34.8 Å². The second kappa shape index (κ2) is 13.9. The van der Waals surface area contributed by atoms with Crippen LogP contribution >= 0.6 is 27.3 Å². The number of aliphatic hydroxyl groups excluding tert-OH is 3. The minimum Gasteiger partial charge on any atom is -0.393 e. The highest BCUT2D eigenvalue weighted by atomic mass is 79.9. The van der Waals surface area contributed by atoms with Gasteiger partial charge in [-0.3, -0.25) is 9.52 Å². The highest BCUT2D eigenvalue weighted by molar-refractivity contribution is 9.10. The Hall–Kier alpha value is -1.04. The highest BCUT2D eigenvalue weighted by Crippen LogP contribution is 2.36. The van der Waals surface area contributed by atoms with Gasteiger partial charge in [-0.25, -0.2) is 8.42 Å². The first-order valence-corrected chi connectivity index (χ1v) is 14.9. The molecule has 1 aliphatic carbocycles. The van der Waals surface area contributed by atoms with Crippen molar-refractivity contribution >= 4 is 43.2 Å². The maximum Gasteiger partial charge on any atom is 0.234 e. The van der Waals surface area contributed by atoms with E-state index in [4.69, 9.17) is 0 Å². The van der Waals surface area contributed by atoms with E-state index in [1.54, 1.807) is 17.4 Å². The molecule has 0 spiro atoms. The van der Waals surface area contributed by atoms with E-state index in [2.05, 4.69) is 22.0 Å². The summed E-state index contributed by atoms with van der Waals surface area (Å²) in [6, 6.07) is 2.08. The summed E-state index contributed by atoms with van der Waals surface area (Å²) < 4.78 is 25.9. The Labute approximate surface area is 215 Å². The van der Waals surface area contributed by atoms with E-state index >= 15 is 0 Å². The minimum atomic E-state index is -3.52. The number of nitrogens with one attached hydrogen (secondary N) is 1. The number of amides is 1. The fraction of sp³-hybridized carbons (Fsp3) is 0.625. The average molecular weight is 579 g/mol. The molecular formula is C24H36BrNO6S2. The largest absolute Gasteiger partial charge is 0.393 e. The van der Waals surface area contributed by atoms with Crippen LogP contribution in [0, 0.1) is 18.8 Å². The molecule has 0 bridgehead atoms. The Kier molecular flexibility index (Phi) is 11.9. The number of aryl methyl sites for hydroxylation is 2. The lowest BCUT2D eigenvalue weighted by molar-refractivity contribution is -0.119. The van der Waals surface area contributed by atoms with Crippen molar-refractivity contribution in [3.63, 3.8) is 0 Å². The van der Waals surface area contributed by atoms with Gasteiger partial charge in [0.2, 0.25) is 15.9 Å². The van der Waals surface area contributed by atoms with Gasteiger partial charge in [0.1, 0.15) is 0 Å². The summed E-state index contributed by atoms with van der Waals surface area (Å²) in [6.07, 6.45) is 9.00. The number of halogens is 1. The number of rotatable bonds is 13. The van der Waals surface area contributed by atoms with Crippen molar-refractivity contribution in [1.82, 2.24) is 4.72 Å². The van der Waals surface area contributed by atoms with E-state index in [-0.39, 0.29) is 24.0 Å². The topological polar surface area (TPSA) is 124 Å². The van der Waals surface area contributed by atoms with E-state index in [0.29, 0.717) is 32.1 Å². The van der Waals surface area contributed by atoms with Gasteiger partial charge >= 0.3 is 0 Å². The van der Waals surface area contributed by atoms with Crippen molar-refractivity contribution in [2.75, 3.05) is 5.75 Å². The number of allylic oxidation sites excluding steroid dienone is 2. The number of hydrogen-bond donors (Lipinski definition) is 4. The van der Waals surface area contributed by atoms with Crippen LogP contribution in [0.1, 0.15) is 55.2 Å². The number of sulfonamides is 1. The van der Waals surface area contributed by atoms with Crippen molar-refractivity contribution < 1.29 is 28.5 Å². The molecule has 10 heteroatoms. The van der Waals surface area contributed by atoms with E-state index < -0.39 is 34.2 Å². The molecule has 1 aromatic heterocycles. The Balaban J connectivity index is 1.78. The summed E-state index contributed by atoms with van der Waals surface area (Å²) in [4.78, 5) is 14.1. The van der Waals surface area contributed by atoms with E-state index in [1.807, 2.05) is 29.9 Å². The normalized spacial score (nSPS) is 24.3. The first kappa shape index (κ1) is 29.2. The molecule has 1 aromatic rings. The second-order valence-electron chi connectivity index (χ2n) is 8.75. The van der Waals surface area contributed by atoms with E-state index in [1.165, 1.54) is 16.7 Å². The molecule has 5 atom stereocenters. The first-order valence-electron chi connectivity index (χ1n) is 11.7. The van der Waals surface area contributed by atoms with Gasteiger partial charge in [-0.05, 0) is 73.9 Å². The van der Waals surface area contributed by atoms with Gasteiger partial charge in [0.05, 0.1) is 24.1 Å². The molecule has 0 radical (unpaired) electrons. The lowest BCUT2D eigenvalue weighted by Crippen LogP contribution is -2.31. The fourth-order valence-electron chi connectivity index (χ4n) is 4.04. The Morgan fingerprint density at radius 1 is 1.32 bits per heavy atom. The molecule has 4 N–H and O–H groups in total. The Morgan fingerprint density at radius 2 is 2.06 bits per heavy atom. The van der Waals surface area contributed by atoms with Crippen LogP contribution in [0.4, 0.5) is 0 Å². The predicted octanol–water partition coefficient (Wildman–Crippen LogP) is 3.61. The van der Waals surface area contributed by atoms with Gasteiger partial charge in [0, 0.05) is 33.0 Å². The van der Waals surface area contributed by atoms with Gasteiger partial charge in [0.15, 0.2) is 0 Å². The van der Waals surface area contributed by atoms with Gasteiger partial charge in [-0.1, -0.05) is 24.3 Å². The molecule has 192 valence electrons. The molecule has 1 fully saturated rings. The van der Waals surface area contributed by atoms with Crippen LogP contribution in [-0.2, 0) is 21.2 Å². The third kappa shape index (κ3) is 9.54. The molecule has 1 heterocycles. The summed E-state index contributed by atoms with van der Waals surface area (Å²) in [6.45, 7) is 3.52. The second-order valence-corrected chi connectivity index (χ2v) is 13.0. The molecule has 1 amide bonds. The number of carbonyl (C=O) groups is 1. The number of thiophene rings is 1. The number of hydrogen-bond acceptors (Lipinski definition) is 7. The zero-order valence-electron chi connectivity index (χ0n) is 19.7. The van der Waals surface area contributed by atoms with Gasteiger partial charge < -0.3 is 15.3 Å². The molecule has 2 rings (SSSR count). The van der Waals surface area contributed by atoms with Crippen LogP contribution in [0.3, 0.4) is 0 Å². The van der Waals surface area contributed by atoms with Crippen LogP contribution in [0.25, 0.3) is 0 Å². The summed E-state index contributed by atoms with van der Waals surface area (Å²) in [5, 5.41) is 31.1. The summed E-state index contributed by atoms with van der Waals surface area (Å²) in [5.74, 6) is -1.02. The smallest absolute Gasteiger partial charge is 0.234 e. The van der Waals surface area contributed by atoms with Crippen molar-refractivity contribution in [3.8, 4) is 0 Å². The van der Waals surface area contributed by atoms with Crippen LogP contribution in [-0.4, -0.2) is 53.7 Å². The van der Waals surface area contributed by atoms with Crippen molar-refractivity contribution in [3.05, 3.63) is 44.6 Å². The number of carbonyl (C=O) groups excluding carboxylic acids is 1. The van der Waals surface area contributed by atoms with Crippen LogP contribution in [0.2, 0.25) is 0 Å². The predicted molar refractivity (Wildman–Crippen MR) is 139 cm³/mol. The lowest BCUT2D eigenvalue weighted by Gasteiger charge is -2.19. The fourth-order valence-corrected chi connectivity index (χ4v) is 6.25. The zero-order chi connectivity index (χ0) is 25.3. The Morgan fingerprint density at radius 3 is 2.71 bits per heavy atom. The van der Waals surface area contributed by atoms with E-state index in [0.717, 1.165) is 10.9 Å². The monoisotopic (exact) mass is 577 g/mol. The lowest BCUT2D eigenvalue weighted by atomic mass is 9.89. The molecule has 0 saturated heterocycles. The summed E-state index contributed by atoms with van der Waals surface area (Å²) in [7, 11) is -3.52. The van der Waals surface area contributed by atoms with Crippen molar-refractivity contribution in [1.29, 1.82) is 0 Å². The van der Waals surface area contributed by atoms with Gasteiger partial charge in [0.25, 0.3) is 0 Å². The van der Waals surface area contributed by atoms with Crippen LogP contribution < -0.4 is 4.72 Å². The maximum atomic E-state index is 11.6. The molecule has 0 aliphatic heterocycles. The van der Waals surface area contributed by atoms with E-state index in [9.17, 15) is 28.5 Å². The molecule has 0 aromatic carbocycles. The maximum absolute atomic E-state index is 11.6. The minimum absolute atomic E-state index is 0.125. The summed E-state index contributed by atoms with van der Waals surface area (Å²) >= 11 is 5.22. The summed E-state index contributed by atoms with van der Waals surface area (Å²) in [5.41, 5.74) is 0. The highest BCUT2D eigenvalue weighted by Gasteiger charge is 2.39.